The maximum absolute atomic E-state index is 13.3. The Balaban J connectivity index is 1.29. The van der Waals surface area contributed by atoms with Crippen molar-refractivity contribution in [3.05, 3.63) is 89.5 Å². The summed E-state index contributed by atoms with van der Waals surface area (Å²) in [7, 11) is -3.80. The summed E-state index contributed by atoms with van der Waals surface area (Å²) in [5.41, 5.74) is 2.72. The van der Waals surface area contributed by atoms with E-state index in [0.29, 0.717) is 27.2 Å². The van der Waals surface area contributed by atoms with Crippen molar-refractivity contribution >= 4 is 43.9 Å². The highest BCUT2D eigenvalue weighted by Crippen LogP contribution is 2.32. The molecule has 5 rings (SSSR count). The van der Waals surface area contributed by atoms with Crippen molar-refractivity contribution in [2.24, 2.45) is 0 Å². The number of aryl methyl sites for hydroxylation is 1. The number of rotatable bonds is 8. The van der Waals surface area contributed by atoms with Crippen LogP contribution in [0.2, 0.25) is 5.02 Å². The first-order valence-electron chi connectivity index (χ1n) is 11.3. The Hall–Kier alpha value is -3.31. The molecule has 0 unspecified atom stereocenters. The Labute approximate surface area is 222 Å². The average molecular weight is 557 g/mol. The second-order valence-corrected chi connectivity index (χ2v) is 11.8. The normalized spacial score (nSPS) is 12.6. The second-order valence-electron chi connectivity index (χ2n) is 8.47. The van der Waals surface area contributed by atoms with Gasteiger partial charge in [0, 0.05) is 10.9 Å². The smallest absolute Gasteiger partial charge is 0.252 e. The highest BCUT2D eigenvalue weighted by Gasteiger charge is 2.24. The Kier molecular flexibility index (Phi) is 7.00. The van der Waals surface area contributed by atoms with Gasteiger partial charge in [-0.2, -0.15) is 5.10 Å². The number of thiazole rings is 1. The largest absolute Gasteiger partial charge is 0.490 e. The van der Waals surface area contributed by atoms with Gasteiger partial charge in [0.1, 0.15) is 23.2 Å². The molecule has 0 saturated carbocycles. The Morgan fingerprint density at radius 3 is 2.59 bits per heavy atom. The van der Waals surface area contributed by atoms with Crippen molar-refractivity contribution in [3.63, 3.8) is 0 Å². The molecular weight excluding hydrogens is 535 g/mol. The molecule has 1 atom stereocenters. The van der Waals surface area contributed by atoms with Crippen molar-refractivity contribution in [3.8, 4) is 22.0 Å². The molecule has 11 heteroatoms. The van der Waals surface area contributed by atoms with E-state index in [4.69, 9.17) is 16.3 Å². The fourth-order valence-electron chi connectivity index (χ4n) is 3.83. The molecule has 0 aliphatic carbocycles. The first-order valence-corrected chi connectivity index (χ1v) is 14.0. The summed E-state index contributed by atoms with van der Waals surface area (Å²) in [4.78, 5) is 4.44. The number of ether oxygens (including phenoxy) is 1. The van der Waals surface area contributed by atoms with Crippen LogP contribution in [0.4, 0.5) is 4.39 Å². The summed E-state index contributed by atoms with van der Waals surface area (Å²) in [6.45, 7) is 3.45. The molecule has 0 saturated heterocycles. The van der Waals surface area contributed by atoms with E-state index in [2.05, 4.69) is 14.8 Å². The van der Waals surface area contributed by atoms with Gasteiger partial charge < -0.3 is 4.74 Å². The Bertz CT molecular complexity index is 1670. The van der Waals surface area contributed by atoms with Crippen molar-refractivity contribution in [2.45, 2.75) is 24.1 Å². The molecule has 37 heavy (non-hydrogen) atoms. The first-order chi connectivity index (χ1) is 17.7. The van der Waals surface area contributed by atoms with Crippen molar-refractivity contribution in [2.75, 3.05) is 6.61 Å². The van der Waals surface area contributed by atoms with Crippen LogP contribution in [-0.4, -0.2) is 35.8 Å². The van der Waals surface area contributed by atoms with Crippen LogP contribution in [0.3, 0.4) is 0 Å². The zero-order valence-electron chi connectivity index (χ0n) is 19.9. The Morgan fingerprint density at radius 1 is 1.14 bits per heavy atom. The van der Waals surface area contributed by atoms with Gasteiger partial charge in [0.15, 0.2) is 4.21 Å². The van der Waals surface area contributed by atoms with E-state index in [9.17, 15) is 12.8 Å². The number of nitrogens with one attached hydrogen (secondary N) is 1. The summed E-state index contributed by atoms with van der Waals surface area (Å²) < 4.78 is 49.8. The lowest BCUT2D eigenvalue weighted by Gasteiger charge is -2.16. The van der Waals surface area contributed by atoms with Crippen molar-refractivity contribution in [1.82, 2.24) is 19.5 Å². The predicted octanol–water partition coefficient (Wildman–Crippen LogP) is 6.00. The van der Waals surface area contributed by atoms with Gasteiger partial charge in [-0.05, 0) is 50.2 Å². The monoisotopic (exact) mass is 556 g/mol. The zero-order chi connectivity index (χ0) is 26.2. The molecule has 3 aromatic carbocycles. The molecule has 0 fully saturated rings. The minimum atomic E-state index is -3.80. The molecule has 2 heterocycles. The van der Waals surface area contributed by atoms with E-state index in [1.807, 2.05) is 30.3 Å². The number of aromatic nitrogens is 3. The van der Waals surface area contributed by atoms with Crippen LogP contribution < -0.4 is 9.46 Å². The lowest BCUT2D eigenvalue weighted by molar-refractivity contribution is 0.288. The first kappa shape index (κ1) is 25.3. The minimum Gasteiger partial charge on any atom is -0.490 e. The molecule has 0 aliphatic heterocycles. The van der Waals surface area contributed by atoms with Crippen LogP contribution in [0.15, 0.2) is 77.1 Å². The van der Waals surface area contributed by atoms with E-state index >= 15 is 0 Å². The number of halogens is 2. The van der Waals surface area contributed by atoms with Gasteiger partial charge in [0.2, 0.25) is 0 Å². The molecule has 190 valence electrons. The number of fused-ring (bicyclic) bond motifs is 1. The molecule has 2 aromatic heterocycles. The molecule has 0 bridgehead atoms. The van der Waals surface area contributed by atoms with Crippen LogP contribution in [0.1, 0.15) is 12.6 Å². The molecule has 1 N–H and O–H groups in total. The molecular formula is C26H22ClFN4O3S2. The summed E-state index contributed by atoms with van der Waals surface area (Å²) in [6, 6.07) is 18.3. The zero-order valence-corrected chi connectivity index (χ0v) is 22.2. The third kappa shape index (κ3) is 5.37. The summed E-state index contributed by atoms with van der Waals surface area (Å²) in [5, 5.41) is 6.13. The molecule has 7 nitrogen and oxygen atoms in total. The van der Waals surface area contributed by atoms with Gasteiger partial charge in [-0.25, -0.2) is 27.2 Å². The molecule has 0 amide bonds. The van der Waals surface area contributed by atoms with Gasteiger partial charge in [-0.15, -0.1) is 11.3 Å². The van der Waals surface area contributed by atoms with Crippen LogP contribution in [-0.2, 0) is 10.0 Å². The lowest BCUT2D eigenvalue weighted by atomic mass is 10.2. The molecule has 0 radical (unpaired) electrons. The van der Waals surface area contributed by atoms with Crippen molar-refractivity contribution < 1.29 is 17.5 Å². The van der Waals surface area contributed by atoms with Gasteiger partial charge >= 0.3 is 0 Å². The van der Waals surface area contributed by atoms with E-state index in [-0.39, 0.29) is 16.6 Å². The van der Waals surface area contributed by atoms with Gasteiger partial charge in [-0.1, -0.05) is 41.9 Å². The number of hydrogen-bond acceptors (Lipinski definition) is 6. The lowest BCUT2D eigenvalue weighted by Crippen LogP contribution is -2.36. The molecule has 0 aliphatic rings. The maximum atomic E-state index is 13.3. The van der Waals surface area contributed by atoms with Gasteiger partial charge in [0.05, 0.1) is 34.2 Å². The third-order valence-corrected chi connectivity index (χ3v) is 9.26. The van der Waals surface area contributed by atoms with Crippen LogP contribution in [0.25, 0.3) is 27.2 Å². The topological polar surface area (TPSA) is 86.1 Å². The average Bonchev–Trinajstić information content (AvgIpc) is 3.47. The van der Waals surface area contributed by atoms with Gasteiger partial charge in [-0.3, -0.25) is 0 Å². The highest BCUT2D eigenvalue weighted by molar-refractivity contribution is 7.91. The number of nitrogens with zero attached hydrogens (tertiary/aromatic N) is 3. The van der Waals surface area contributed by atoms with Crippen LogP contribution >= 0.6 is 22.9 Å². The van der Waals surface area contributed by atoms with E-state index in [1.54, 1.807) is 49.0 Å². The van der Waals surface area contributed by atoms with Crippen molar-refractivity contribution in [1.29, 1.82) is 0 Å². The third-order valence-electron chi connectivity index (χ3n) is 5.56. The number of benzene rings is 3. The summed E-state index contributed by atoms with van der Waals surface area (Å²) in [6.07, 6.45) is 1.66. The van der Waals surface area contributed by atoms with E-state index in [0.717, 1.165) is 27.8 Å². The minimum absolute atomic E-state index is 0.0555. The molecule has 5 aromatic rings. The SMILES string of the molecule is Cc1nc(-c2ccccc2)sc1S(=O)(=O)N[C@@H](C)COc1cc2cnn(-c3ccc(F)cc3)c2cc1Cl. The quantitative estimate of drug-likeness (QED) is 0.253. The van der Waals surface area contributed by atoms with Crippen LogP contribution in [0.5, 0.6) is 5.75 Å². The van der Waals surface area contributed by atoms with E-state index in [1.165, 1.54) is 12.1 Å². The van der Waals surface area contributed by atoms with Gasteiger partial charge in [0.25, 0.3) is 10.0 Å². The molecule has 0 spiro atoms. The standard InChI is InChI=1S/C26H22ClFN4O3S2/c1-16(31-37(33,34)26-17(2)30-25(36-26)18-6-4-3-5-7-18)15-35-24-12-19-14-29-32(23(19)13-22(24)27)21-10-8-20(28)9-11-21/h3-14,16,31H,15H2,1-2H3/t16-/m0/s1. The maximum Gasteiger partial charge on any atom is 0.252 e. The number of sulfonamides is 1. The Morgan fingerprint density at radius 2 is 1.86 bits per heavy atom. The fourth-order valence-corrected chi connectivity index (χ4v) is 6.81. The second kappa shape index (κ2) is 10.2. The summed E-state index contributed by atoms with van der Waals surface area (Å²) >= 11 is 7.60. The van der Waals surface area contributed by atoms with Crippen LogP contribution in [0, 0.1) is 12.7 Å². The predicted molar refractivity (Wildman–Crippen MR) is 144 cm³/mol. The fraction of sp³-hybridized carbons (Fsp3) is 0.154. The van der Waals surface area contributed by atoms with E-state index < -0.39 is 16.1 Å². The highest BCUT2D eigenvalue weighted by atomic mass is 35.5. The summed E-state index contributed by atoms with van der Waals surface area (Å²) in [5.74, 6) is 0.0695. The number of hydrogen-bond donors (Lipinski definition) is 1.